The van der Waals surface area contributed by atoms with Crippen molar-refractivity contribution in [3.63, 3.8) is 0 Å². The van der Waals surface area contributed by atoms with Gasteiger partial charge in [0.1, 0.15) is 23.4 Å². The molecule has 0 radical (unpaired) electrons. The maximum atomic E-state index is 12.2. The van der Waals surface area contributed by atoms with Gasteiger partial charge in [0, 0.05) is 13.5 Å². The number of methoxy groups -OCH3 is 1. The Morgan fingerprint density at radius 1 is 1.35 bits per heavy atom. The van der Waals surface area contributed by atoms with Crippen LogP contribution < -0.4 is 0 Å². The van der Waals surface area contributed by atoms with Crippen LogP contribution in [0.15, 0.2) is 11.6 Å². The molecule has 2 aliphatic heterocycles. The first kappa shape index (κ1) is 19.8. The van der Waals surface area contributed by atoms with E-state index in [9.17, 15) is 4.79 Å². The van der Waals surface area contributed by atoms with Crippen LogP contribution in [0.1, 0.15) is 60.3 Å². The number of carbonyl (C=O) groups excluding carboxylic acids is 1. The number of epoxide rings is 2. The van der Waals surface area contributed by atoms with Crippen molar-refractivity contribution in [2.45, 2.75) is 89.8 Å². The van der Waals surface area contributed by atoms with E-state index in [1.165, 1.54) is 5.57 Å². The molecule has 0 aromatic rings. The van der Waals surface area contributed by atoms with E-state index in [-0.39, 0.29) is 41.4 Å². The van der Waals surface area contributed by atoms with Gasteiger partial charge in [-0.2, -0.15) is 0 Å². The first-order valence-corrected chi connectivity index (χ1v) is 9.89. The highest BCUT2D eigenvalue weighted by atomic mass is 16.6. The summed E-state index contributed by atoms with van der Waals surface area (Å²) in [5, 5.41) is 0. The molecule has 3 aliphatic rings. The average Bonchev–Trinajstić information content (AvgIpc) is 3.44. The average molecular weight is 366 g/mol. The van der Waals surface area contributed by atoms with Crippen LogP contribution >= 0.6 is 0 Å². The van der Waals surface area contributed by atoms with Gasteiger partial charge in [-0.1, -0.05) is 25.5 Å². The summed E-state index contributed by atoms with van der Waals surface area (Å²) in [4.78, 5) is 12.2. The molecule has 0 aromatic heterocycles. The van der Waals surface area contributed by atoms with Crippen molar-refractivity contribution in [2.75, 3.05) is 13.7 Å². The molecular formula is C21H34O5. The SMILES string of the molecule is CO[C@@H]1[C@H](OC(=O)CC(C)C)CC[C@]2(CO2)[C@H]1[C@]1(C)O[C@@H]1CC=C(C)C. The standard InChI is InChI=1S/C21H34O5/c1-13(2)7-8-16-20(5,26-16)19-18(23-6)15(9-10-21(19)12-24-21)25-17(22)11-14(3)4/h7,14-16,18-19H,8-12H2,1-6H3/t15-,16-,18-,19-,20-,21+/m1/s1. The highest BCUT2D eigenvalue weighted by Gasteiger charge is 2.72. The second-order valence-electron chi connectivity index (χ2n) is 9.00. The number of carbonyl (C=O) groups is 1. The number of rotatable bonds is 7. The fourth-order valence-corrected chi connectivity index (χ4v) is 4.62. The van der Waals surface area contributed by atoms with Gasteiger partial charge >= 0.3 is 5.97 Å². The van der Waals surface area contributed by atoms with Gasteiger partial charge in [-0.15, -0.1) is 0 Å². The molecular weight excluding hydrogens is 332 g/mol. The highest BCUT2D eigenvalue weighted by molar-refractivity contribution is 5.69. The number of esters is 1. The van der Waals surface area contributed by atoms with Crippen LogP contribution in [0.2, 0.25) is 0 Å². The molecule has 5 nitrogen and oxygen atoms in total. The van der Waals surface area contributed by atoms with Crippen molar-refractivity contribution in [2.24, 2.45) is 11.8 Å². The fraction of sp³-hybridized carbons (Fsp3) is 0.857. The minimum Gasteiger partial charge on any atom is -0.460 e. The molecule has 3 fully saturated rings. The van der Waals surface area contributed by atoms with Gasteiger partial charge in [0.15, 0.2) is 0 Å². The molecule has 3 rings (SSSR count). The lowest BCUT2D eigenvalue weighted by Crippen LogP contribution is -2.55. The summed E-state index contributed by atoms with van der Waals surface area (Å²) in [6.07, 6.45) is 5.00. The molecule has 2 saturated heterocycles. The molecule has 0 bridgehead atoms. The molecule has 0 unspecified atom stereocenters. The van der Waals surface area contributed by atoms with Crippen LogP contribution in [0.25, 0.3) is 0 Å². The monoisotopic (exact) mass is 366 g/mol. The van der Waals surface area contributed by atoms with Crippen LogP contribution in [-0.4, -0.2) is 49.2 Å². The van der Waals surface area contributed by atoms with E-state index in [1.807, 2.05) is 13.8 Å². The highest BCUT2D eigenvalue weighted by Crippen LogP contribution is 2.59. The fourth-order valence-electron chi connectivity index (χ4n) is 4.62. The van der Waals surface area contributed by atoms with Crippen LogP contribution in [0, 0.1) is 11.8 Å². The van der Waals surface area contributed by atoms with Crippen molar-refractivity contribution >= 4 is 5.97 Å². The van der Waals surface area contributed by atoms with Gasteiger partial charge < -0.3 is 18.9 Å². The van der Waals surface area contributed by atoms with Crippen molar-refractivity contribution in [3.8, 4) is 0 Å². The normalized spacial score (nSPS) is 41.2. The van der Waals surface area contributed by atoms with Gasteiger partial charge in [0.05, 0.1) is 18.6 Å². The zero-order valence-electron chi connectivity index (χ0n) is 17.0. The van der Waals surface area contributed by atoms with Crippen LogP contribution in [0.5, 0.6) is 0 Å². The Labute approximate surface area is 157 Å². The van der Waals surface area contributed by atoms with Crippen LogP contribution in [-0.2, 0) is 23.7 Å². The summed E-state index contributed by atoms with van der Waals surface area (Å²) in [6, 6.07) is 0. The van der Waals surface area contributed by atoms with E-state index in [2.05, 4.69) is 26.8 Å². The van der Waals surface area contributed by atoms with E-state index in [4.69, 9.17) is 18.9 Å². The number of hydrogen-bond acceptors (Lipinski definition) is 5. The van der Waals surface area contributed by atoms with Gasteiger partial charge in [-0.25, -0.2) is 0 Å². The Morgan fingerprint density at radius 2 is 2.04 bits per heavy atom. The summed E-state index contributed by atoms with van der Waals surface area (Å²) in [6.45, 7) is 11.2. The molecule has 1 aliphatic carbocycles. The van der Waals surface area contributed by atoms with Crippen LogP contribution in [0.4, 0.5) is 0 Å². The lowest BCUT2D eigenvalue weighted by molar-refractivity contribution is -0.172. The number of hydrogen-bond donors (Lipinski definition) is 0. The number of ether oxygens (including phenoxy) is 4. The third-order valence-electron chi connectivity index (χ3n) is 6.09. The number of allylic oxidation sites excluding steroid dienone is 1. The van der Waals surface area contributed by atoms with Crippen molar-refractivity contribution < 1.29 is 23.7 Å². The van der Waals surface area contributed by atoms with Gasteiger partial charge in [0.25, 0.3) is 0 Å². The third-order valence-corrected chi connectivity index (χ3v) is 6.09. The molecule has 2 heterocycles. The predicted octanol–water partition coefficient (Wildman–Crippen LogP) is 3.65. The van der Waals surface area contributed by atoms with E-state index < -0.39 is 0 Å². The summed E-state index contributed by atoms with van der Waals surface area (Å²) >= 11 is 0. The Bertz CT molecular complexity index is 561. The molecule has 0 aromatic carbocycles. The minimum atomic E-state index is -0.285. The predicted molar refractivity (Wildman–Crippen MR) is 98.9 cm³/mol. The molecule has 0 N–H and O–H groups in total. The molecule has 0 amide bonds. The lowest BCUT2D eigenvalue weighted by atomic mass is 9.68. The summed E-state index contributed by atoms with van der Waals surface area (Å²) in [5.41, 5.74) is 0.843. The largest absolute Gasteiger partial charge is 0.460 e. The maximum absolute atomic E-state index is 12.2. The molecule has 1 saturated carbocycles. The molecule has 5 heteroatoms. The van der Waals surface area contributed by atoms with Gasteiger partial charge in [0.2, 0.25) is 0 Å². The molecule has 26 heavy (non-hydrogen) atoms. The third kappa shape index (κ3) is 3.85. The Kier molecular flexibility index (Phi) is 5.53. The second kappa shape index (κ2) is 7.25. The zero-order chi connectivity index (χ0) is 19.1. The Morgan fingerprint density at radius 3 is 2.58 bits per heavy atom. The Balaban J connectivity index is 1.74. The van der Waals surface area contributed by atoms with E-state index in [0.29, 0.717) is 12.3 Å². The molecule has 1 spiro atoms. The topological polar surface area (TPSA) is 60.6 Å². The van der Waals surface area contributed by atoms with Gasteiger partial charge in [-0.05, 0) is 46.0 Å². The van der Waals surface area contributed by atoms with Crippen molar-refractivity contribution in [3.05, 3.63) is 11.6 Å². The first-order valence-electron chi connectivity index (χ1n) is 9.89. The summed E-state index contributed by atoms with van der Waals surface area (Å²) in [7, 11) is 1.71. The summed E-state index contributed by atoms with van der Waals surface area (Å²) in [5.74, 6) is 0.237. The molecule has 148 valence electrons. The van der Waals surface area contributed by atoms with E-state index in [0.717, 1.165) is 25.9 Å². The minimum absolute atomic E-state index is 0.0844. The maximum Gasteiger partial charge on any atom is 0.306 e. The Hall–Kier alpha value is -0.910. The quantitative estimate of drug-likeness (QED) is 0.391. The van der Waals surface area contributed by atoms with E-state index >= 15 is 0 Å². The smallest absolute Gasteiger partial charge is 0.306 e. The van der Waals surface area contributed by atoms with Gasteiger partial charge in [-0.3, -0.25) is 4.79 Å². The summed E-state index contributed by atoms with van der Waals surface area (Å²) < 4.78 is 23.8. The van der Waals surface area contributed by atoms with E-state index in [1.54, 1.807) is 7.11 Å². The zero-order valence-corrected chi connectivity index (χ0v) is 17.0. The van der Waals surface area contributed by atoms with Crippen LogP contribution in [0.3, 0.4) is 0 Å². The second-order valence-corrected chi connectivity index (χ2v) is 9.00. The van der Waals surface area contributed by atoms with Crippen molar-refractivity contribution in [1.29, 1.82) is 0 Å². The van der Waals surface area contributed by atoms with Crippen molar-refractivity contribution in [1.82, 2.24) is 0 Å². The molecule has 6 atom stereocenters. The first-order chi connectivity index (χ1) is 12.2. The lowest BCUT2D eigenvalue weighted by Gasteiger charge is -2.42.